The number of allylic oxidation sites excluding steroid dienone is 2. The molecule has 0 saturated heterocycles. The van der Waals surface area contributed by atoms with Crippen LogP contribution in [0.3, 0.4) is 0 Å². The first kappa shape index (κ1) is 11.9. The zero-order chi connectivity index (χ0) is 13.0. The fourth-order valence-corrected chi connectivity index (χ4v) is 4.45. The lowest BCUT2D eigenvalue weighted by Crippen LogP contribution is -2.54. The van der Waals surface area contributed by atoms with Gasteiger partial charge in [-0.3, -0.25) is 9.59 Å². The summed E-state index contributed by atoms with van der Waals surface area (Å²) in [6.07, 6.45) is 8.12. The van der Waals surface area contributed by atoms with Crippen molar-refractivity contribution in [3.63, 3.8) is 0 Å². The van der Waals surface area contributed by atoms with Crippen molar-refractivity contribution < 1.29 is 14.3 Å². The summed E-state index contributed by atoms with van der Waals surface area (Å²) < 4.78 is 4.95. The van der Waals surface area contributed by atoms with Crippen molar-refractivity contribution in [3.05, 3.63) is 11.6 Å². The molecule has 0 aliphatic heterocycles. The van der Waals surface area contributed by atoms with Crippen LogP contribution in [0.2, 0.25) is 0 Å². The van der Waals surface area contributed by atoms with Gasteiger partial charge in [0, 0.05) is 6.42 Å². The lowest BCUT2D eigenvalue weighted by atomic mass is 9.47. The summed E-state index contributed by atoms with van der Waals surface area (Å²) in [5.41, 5.74) is 0.789. The third-order valence-corrected chi connectivity index (χ3v) is 5.30. The van der Waals surface area contributed by atoms with Crippen LogP contribution in [-0.4, -0.2) is 18.9 Å². The lowest BCUT2D eigenvalue weighted by Gasteiger charge is -2.55. The second kappa shape index (κ2) is 3.69. The Morgan fingerprint density at radius 2 is 2.22 bits per heavy atom. The molecule has 2 bridgehead atoms. The third kappa shape index (κ3) is 1.36. The summed E-state index contributed by atoms with van der Waals surface area (Å²) in [5, 5.41) is 0. The van der Waals surface area contributed by atoms with Gasteiger partial charge in [0.25, 0.3) is 0 Å². The first-order valence-electron chi connectivity index (χ1n) is 6.84. The van der Waals surface area contributed by atoms with Gasteiger partial charge >= 0.3 is 5.97 Å². The normalized spacial score (nSPS) is 42.2. The second-order valence-electron chi connectivity index (χ2n) is 6.39. The zero-order valence-electron chi connectivity index (χ0n) is 11.1. The maximum Gasteiger partial charge on any atom is 0.312 e. The number of ether oxygens (including phenoxy) is 1. The van der Waals surface area contributed by atoms with Gasteiger partial charge in [-0.25, -0.2) is 0 Å². The molecule has 2 fully saturated rings. The van der Waals surface area contributed by atoms with Crippen molar-refractivity contribution in [2.75, 3.05) is 7.11 Å². The van der Waals surface area contributed by atoms with Crippen LogP contribution in [0.15, 0.2) is 11.6 Å². The number of rotatable bonds is 1. The number of hydrogen-bond acceptors (Lipinski definition) is 3. The minimum atomic E-state index is -0.634. The average molecular weight is 248 g/mol. The molecular formula is C15H20O3. The lowest BCUT2D eigenvalue weighted by molar-refractivity contribution is -0.165. The summed E-state index contributed by atoms with van der Waals surface area (Å²) in [7, 11) is 1.42. The highest BCUT2D eigenvalue weighted by Gasteiger charge is 2.60. The Morgan fingerprint density at radius 1 is 1.44 bits per heavy atom. The maximum atomic E-state index is 12.3. The molecule has 4 aliphatic rings. The summed E-state index contributed by atoms with van der Waals surface area (Å²) in [6, 6.07) is 0. The van der Waals surface area contributed by atoms with E-state index < -0.39 is 5.41 Å². The molecule has 0 heterocycles. The van der Waals surface area contributed by atoms with Gasteiger partial charge in [0.05, 0.1) is 18.4 Å². The summed E-state index contributed by atoms with van der Waals surface area (Å²) in [6.45, 7) is 1.91. The predicted octanol–water partition coefficient (Wildman–Crippen LogP) is 2.65. The average Bonchev–Trinajstić information content (AvgIpc) is 2.36. The fourth-order valence-electron chi connectivity index (χ4n) is 4.45. The van der Waals surface area contributed by atoms with Gasteiger partial charge in [-0.15, -0.1) is 0 Å². The zero-order valence-corrected chi connectivity index (χ0v) is 11.1. The molecule has 2 saturated carbocycles. The molecule has 4 rings (SSSR count). The maximum absolute atomic E-state index is 12.3. The second-order valence-corrected chi connectivity index (χ2v) is 6.39. The van der Waals surface area contributed by atoms with Crippen LogP contribution in [0.4, 0.5) is 0 Å². The van der Waals surface area contributed by atoms with E-state index in [2.05, 4.69) is 6.08 Å². The van der Waals surface area contributed by atoms with E-state index in [0.29, 0.717) is 6.42 Å². The van der Waals surface area contributed by atoms with Gasteiger partial charge in [-0.2, -0.15) is 0 Å². The van der Waals surface area contributed by atoms with Crippen molar-refractivity contribution >= 4 is 11.8 Å². The number of fused-ring (bicyclic) bond motifs is 2. The highest BCUT2D eigenvalue weighted by atomic mass is 16.5. The van der Waals surface area contributed by atoms with Gasteiger partial charge in [-0.05, 0) is 38.0 Å². The van der Waals surface area contributed by atoms with E-state index in [9.17, 15) is 9.59 Å². The van der Waals surface area contributed by atoms with E-state index in [-0.39, 0.29) is 23.1 Å². The Morgan fingerprint density at radius 3 is 2.94 bits per heavy atom. The van der Waals surface area contributed by atoms with Gasteiger partial charge in [0.2, 0.25) is 0 Å². The Kier molecular flexibility index (Phi) is 2.45. The van der Waals surface area contributed by atoms with E-state index >= 15 is 0 Å². The fraction of sp³-hybridized carbons (Fsp3) is 0.733. The molecule has 3 nitrogen and oxygen atoms in total. The number of carbonyl (C=O) groups is 2. The minimum absolute atomic E-state index is 0.0208. The summed E-state index contributed by atoms with van der Waals surface area (Å²) in [5.74, 6) is -0.236. The number of methoxy groups -OCH3 is 1. The van der Waals surface area contributed by atoms with E-state index in [1.165, 1.54) is 25.5 Å². The SMILES string of the molecule is COC(=O)[C@]1(C)C[C@]23CCCCC2=C[C@H]1C(=O)C3. The molecule has 0 amide bonds. The van der Waals surface area contributed by atoms with Crippen molar-refractivity contribution in [2.45, 2.75) is 45.4 Å². The highest BCUT2D eigenvalue weighted by Crippen LogP contribution is 2.61. The molecule has 0 aromatic carbocycles. The van der Waals surface area contributed by atoms with E-state index in [1.807, 2.05) is 6.92 Å². The van der Waals surface area contributed by atoms with E-state index in [1.54, 1.807) is 0 Å². The van der Waals surface area contributed by atoms with Crippen molar-refractivity contribution in [1.29, 1.82) is 0 Å². The van der Waals surface area contributed by atoms with Crippen LogP contribution < -0.4 is 0 Å². The largest absolute Gasteiger partial charge is 0.469 e. The first-order valence-corrected chi connectivity index (χ1v) is 6.84. The topological polar surface area (TPSA) is 43.4 Å². The van der Waals surface area contributed by atoms with Crippen molar-refractivity contribution in [1.82, 2.24) is 0 Å². The van der Waals surface area contributed by atoms with Crippen LogP contribution in [0.1, 0.15) is 45.4 Å². The number of esters is 1. The monoisotopic (exact) mass is 248 g/mol. The molecule has 0 N–H and O–H groups in total. The Balaban J connectivity index is 2.08. The molecule has 3 heteroatoms. The summed E-state index contributed by atoms with van der Waals surface area (Å²) >= 11 is 0. The van der Waals surface area contributed by atoms with Gasteiger partial charge in [0.1, 0.15) is 5.78 Å². The quantitative estimate of drug-likeness (QED) is 0.529. The van der Waals surface area contributed by atoms with Crippen molar-refractivity contribution in [3.8, 4) is 0 Å². The molecule has 18 heavy (non-hydrogen) atoms. The van der Waals surface area contributed by atoms with Gasteiger partial charge < -0.3 is 4.74 Å². The Labute approximate surface area is 108 Å². The summed E-state index contributed by atoms with van der Waals surface area (Å²) in [4.78, 5) is 24.4. The number of Topliss-reactive ketones (excluding diaryl/α,β-unsaturated/α-hetero) is 1. The van der Waals surface area contributed by atoms with Crippen LogP contribution in [0.5, 0.6) is 0 Å². The predicted molar refractivity (Wildman–Crippen MR) is 66.8 cm³/mol. The molecule has 0 aromatic heterocycles. The van der Waals surface area contributed by atoms with E-state index in [4.69, 9.17) is 4.74 Å². The van der Waals surface area contributed by atoms with Crippen molar-refractivity contribution in [2.24, 2.45) is 16.7 Å². The number of ketones is 1. The molecule has 0 unspecified atom stereocenters. The van der Waals surface area contributed by atoms with Crippen LogP contribution in [0, 0.1) is 16.7 Å². The van der Waals surface area contributed by atoms with Crippen LogP contribution in [-0.2, 0) is 14.3 Å². The first-order chi connectivity index (χ1) is 8.52. The smallest absolute Gasteiger partial charge is 0.312 e. The van der Waals surface area contributed by atoms with E-state index in [0.717, 1.165) is 19.3 Å². The molecular weight excluding hydrogens is 228 g/mol. The van der Waals surface area contributed by atoms with Gasteiger partial charge in [0.15, 0.2) is 0 Å². The molecule has 0 radical (unpaired) electrons. The number of hydrogen-bond donors (Lipinski definition) is 0. The molecule has 0 aromatic rings. The molecule has 1 spiro atoms. The van der Waals surface area contributed by atoms with Gasteiger partial charge in [-0.1, -0.05) is 18.1 Å². The minimum Gasteiger partial charge on any atom is -0.469 e. The van der Waals surface area contributed by atoms with Crippen LogP contribution >= 0.6 is 0 Å². The molecule has 98 valence electrons. The highest BCUT2D eigenvalue weighted by molar-refractivity contribution is 5.94. The Bertz CT molecular complexity index is 451. The third-order valence-electron chi connectivity index (χ3n) is 5.30. The molecule has 4 aliphatic carbocycles. The Hall–Kier alpha value is -1.12. The van der Waals surface area contributed by atoms with Crippen LogP contribution in [0.25, 0.3) is 0 Å². The molecule has 3 atom stereocenters. The standard InChI is InChI=1S/C15H20O3/c1-14(13(17)18-2)9-15-6-4-3-5-10(15)7-11(14)12(16)8-15/h7,11H,3-6,8-9H2,1-2H3/t11-,14+,15+/m0/s1. The number of carbonyl (C=O) groups excluding carboxylic acids is 2.